The fourth-order valence-electron chi connectivity index (χ4n) is 1.44. The normalized spacial score (nSPS) is 15.1. The van der Waals surface area contributed by atoms with E-state index in [0.717, 1.165) is 0 Å². The third kappa shape index (κ3) is 14.7. The highest BCUT2D eigenvalue weighted by molar-refractivity contribution is 4.53. The molecular weight excluding hydrogens is 360 g/mol. The third-order valence-electron chi connectivity index (χ3n) is 2.71. The van der Waals surface area contributed by atoms with Gasteiger partial charge in [0.1, 0.15) is 51.3 Å². The minimum Gasteiger partial charge on any atom is -0.240 e. The Hall–Kier alpha value is -0.480. The molecule has 26 heavy (non-hydrogen) atoms. The first-order valence-corrected chi connectivity index (χ1v) is 7.94. The standard InChI is InChI=1S/C14H30O12/c1-6-12(26-23-11-14(25-18-5)9-20-16-3)7-21-22-10-13(24-17-4)8-19-15-2/h12-14H,6-11H2,1-5H3. The molecule has 0 fully saturated rings. The predicted molar refractivity (Wildman–Crippen MR) is 82.7 cm³/mol. The summed E-state index contributed by atoms with van der Waals surface area (Å²) in [7, 11) is 5.51. The Kier molecular flexibility index (Phi) is 18.9. The van der Waals surface area contributed by atoms with Crippen molar-refractivity contribution in [1.82, 2.24) is 0 Å². The van der Waals surface area contributed by atoms with Gasteiger partial charge in [0.2, 0.25) is 0 Å². The van der Waals surface area contributed by atoms with E-state index in [1.807, 2.05) is 6.92 Å². The van der Waals surface area contributed by atoms with E-state index in [9.17, 15) is 0 Å². The highest BCUT2D eigenvalue weighted by Crippen LogP contribution is 2.04. The summed E-state index contributed by atoms with van der Waals surface area (Å²) >= 11 is 0. The highest BCUT2D eigenvalue weighted by Gasteiger charge is 2.16. The van der Waals surface area contributed by atoms with Crippen molar-refractivity contribution in [3.8, 4) is 0 Å². The molecule has 0 aromatic heterocycles. The summed E-state index contributed by atoms with van der Waals surface area (Å²) in [6.45, 7) is 2.37. The molecule has 0 aliphatic heterocycles. The van der Waals surface area contributed by atoms with Crippen molar-refractivity contribution in [2.24, 2.45) is 0 Å². The van der Waals surface area contributed by atoms with Gasteiger partial charge in [0.15, 0.2) is 0 Å². The molecule has 0 saturated carbocycles. The first-order chi connectivity index (χ1) is 12.7. The lowest BCUT2D eigenvalue weighted by molar-refractivity contribution is -0.408. The zero-order chi connectivity index (χ0) is 19.5. The summed E-state index contributed by atoms with van der Waals surface area (Å²) < 4.78 is 0. The summed E-state index contributed by atoms with van der Waals surface area (Å²) in [4.78, 5) is 57.9. The molecule has 0 radical (unpaired) electrons. The van der Waals surface area contributed by atoms with Crippen LogP contribution in [-0.4, -0.2) is 79.8 Å². The second-order valence-electron chi connectivity index (χ2n) is 4.65. The van der Waals surface area contributed by atoms with Crippen LogP contribution in [0.2, 0.25) is 0 Å². The van der Waals surface area contributed by atoms with Crippen molar-refractivity contribution in [2.75, 3.05) is 61.5 Å². The molecule has 12 nitrogen and oxygen atoms in total. The molecule has 0 spiro atoms. The quantitative estimate of drug-likeness (QED) is 0.166. The van der Waals surface area contributed by atoms with Gasteiger partial charge in [0.25, 0.3) is 0 Å². The van der Waals surface area contributed by atoms with Crippen LogP contribution in [0, 0.1) is 0 Å². The van der Waals surface area contributed by atoms with E-state index in [2.05, 4.69) is 19.6 Å². The van der Waals surface area contributed by atoms with Crippen molar-refractivity contribution in [2.45, 2.75) is 31.7 Å². The molecule has 0 saturated heterocycles. The van der Waals surface area contributed by atoms with Crippen LogP contribution in [0.25, 0.3) is 0 Å². The number of rotatable bonds is 20. The van der Waals surface area contributed by atoms with Gasteiger partial charge < -0.3 is 0 Å². The van der Waals surface area contributed by atoms with Gasteiger partial charge in [0.05, 0.1) is 28.4 Å². The molecule has 3 unspecified atom stereocenters. The maximum absolute atomic E-state index is 5.23. The number of hydrogen-bond acceptors (Lipinski definition) is 12. The van der Waals surface area contributed by atoms with Gasteiger partial charge in [-0.25, -0.2) is 58.7 Å². The summed E-state index contributed by atoms with van der Waals surface area (Å²) in [5.41, 5.74) is 0. The lowest BCUT2D eigenvalue weighted by Crippen LogP contribution is -2.29. The molecule has 0 aromatic rings. The van der Waals surface area contributed by atoms with Gasteiger partial charge in [-0.3, -0.25) is 0 Å². The molecule has 12 heteroatoms. The number of hydrogen-bond donors (Lipinski definition) is 0. The Bertz CT molecular complexity index is 283. The minimum absolute atomic E-state index is 0.0621. The summed E-state index contributed by atoms with van der Waals surface area (Å²) in [6, 6.07) is 0. The van der Waals surface area contributed by atoms with E-state index in [-0.39, 0.29) is 39.1 Å². The van der Waals surface area contributed by atoms with Crippen molar-refractivity contribution < 1.29 is 58.7 Å². The molecule has 0 amide bonds. The van der Waals surface area contributed by atoms with Gasteiger partial charge in [-0.1, -0.05) is 6.92 Å². The lowest BCUT2D eigenvalue weighted by Gasteiger charge is -2.18. The van der Waals surface area contributed by atoms with Crippen LogP contribution in [0.3, 0.4) is 0 Å². The predicted octanol–water partition coefficient (Wildman–Crippen LogP) is 0.711. The van der Waals surface area contributed by atoms with E-state index < -0.39 is 12.2 Å². The second-order valence-corrected chi connectivity index (χ2v) is 4.65. The minimum atomic E-state index is -0.526. The lowest BCUT2D eigenvalue weighted by atomic mass is 10.3. The van der Waals surface area contributed by atoms with Crippen LogP contribution in [0.5, 0.6) is 0 Å². The molecule has 0 N–H and O–H groups in total. The smallest absolute Gasteiger partial charge is 0.146 e. The molecule has 0 aromatic carbocycles. The SMILES string of the molecule is CCC(COOCC(COOC)OOC)OOCC(COOC)OOC. The monoisotopic (exact) mass is 390 g/mol. The maximum Gasteiger partial charge on any atom is 0.146 e. The van der Waals surface area contributed by atoms with Gasteiger partial charge in [-0.2, -0.15) is 0 Å². The average Bonchev–Trinajstić information content (AvgIpc) is 2.65. The van der Waals surface area contributed by atoms with Crippen LogP contribution in [0.15, 0.2) is 0 Å². The summed E-state index contributed by atoms with van der Waals surface area (Å²) in [5, 5.41) is 0. The zero-order valence-corrected chi connectivity index (χ0v) is 15.9. The van der Waals surface area contributed by atoms with Crippen LogP contribution >= 0.6 is 0 Å². The Labute approximate surface area is 152 Å². The molecule has 0 aliphatic rings. The van der Waals surface area contributed by atoms with Gasteiger partial charge in [0, 0.05) is 0 Å². The van der Waals surface area contributed by atoms with E-state index in [1.54, 1.807) is 0 Å². The highest BCUT2D eigenvalue weighted by atomic mass is 17.3. The third-order valence-corrected chi connectivity index (χ3v) is 2.71. The van der Waals surface area contributed by atoms with E-state index >= 15 is 0 Å². The summed E-state index contributed by atoms with van der Waals surface area (Å²) in [5.74, 6) is 0. The van der Waals surface area contributed by atoms with Crippen molar-refractivity contribution in [3.05, 3.63) is 0 Å². The van der Waals surface area contributed by atoms with E-state index in [0.29, 0.717) is 6.42 Å². The second kappa shape index (κ2) is 19.3. The molecule has 0 rings (SSSR count). The van der Waals surface area contributed by atoms with Crippen LogP contribution in [0.1, 0.15) is 13.3 Å². The molecule has 0 heterocycles. The largest absolute Gasteiger partial charge is 0.240 e. The fraction of sp³-hybridized carbons (Fsp3) is 1.00. The molecule has 3 atom stereocenters. The van der Waals surface area contributed by atoms with Crippen molar-refractivity contribution in [1.29, 1.82) is 0 Å². The van der Waals surface area contributed by atoms with E-state index in [4.69, 9.17) is 39.1 Å². The Balaban J connectivity index is 3.92. The van der Waals surface area contributed by atoms with Crippen LogP contribution in [-0.2, 0) is 58.7 Å². The van der Waals surface area contributed by atoms with Crippen LogP contribution in [0.4, 0.5) is 0 Å². The molecule has 0 bridgehead atoms. The zero-order valence-electron chi connectivity index (χ0n) is 15.9. The summed E-state index contributed by atoms with van der Waals surface area (Å²) in [6.07, 6.45) is -0.788. The fourth-order valence-corrected chi connectivity index (χ4v) is 1.44. The molecular formula is C14H30O12. The first-order valence-electron chi connectivity index (χ1n) is 7.94. The molecule has 0 aliphatic carbocycles. The van der Waals surface area contributed by atoms with E-state index in [1.165, 1.54) is 28.4 Å². The van der Waals surface area contributed by atoms with Gasteiger partial charge >= 0.3 is 0 Å². The Morgan fingerprint density at radius 3 is 1.31 bits per heavy atom. The first kappa shape index (κ1) is 25.5. The van der Waals surface area contributed by atoms with Crippen molar-refractivity contribution >= 4 is 0 Å². The Morgan fingerprint density at radius 2 is 0.885 bits per heavy atom. The van der Waals surface area contributed by atoms with Crippen molar-refractivity contribution in [3.63, 3.8) is 0 Å². The van der Waals surface area contributed by atoms with Gasteiger partial charge in [-0.05, 0) is 6.42 Å². The average molecular weight is 390 g/mol. The Morgan fingerprint density at radius 1 is 0.462 bits per heavy atom. The molecule has 158 valence electrons. The topological polar surface area (TPSA) is 111 Å². The maximum atomic E-state index is 5.23. The van der Waals surface area contributed by atoms with Gasteiger partial charge in [-0.15, -0.1) is 0 Å². The van der Waals surface area contributed by atoms with Crippen LogP contribution < -0.4 is 0 Å².